The fraction of sp³-hybridized carbons (Fsp3) is 0.474. The molecule has 2 aromatic rings. The fourth-order valence-corrected chi connectivity index (χ4v) is 2.65. The van der Waals surface area contributed by atoms with Crippen LogP contribution in [0.3, 0.4) is 0 Å². The van der Waals surface area contributed by atoms with Gasteiger partial charge in [-0.05, 0) is 18.0 Å². The summed E-state index contributed by atoms with van der Waals surface area (Å²) in [5, 5.41) is 12.5. The molecule has 0 saturated heterocycles. The number of methoxy groups -OCH3 is 2. The van der Waals surface area contributed by atoms with Gasteiger partial charge in [-0.15, -0.1) is 0 Å². The van der Waals surface area contributed by atoms with Gasteiger partial charge in [-0.2, -0.15) is 0 Å². The van der Waals surface area contributed by atoms with Crippen LogP contribution < -0.4 is 4.74 Å². The number of hydrogen-bond acceptors (Lipinski definition) is 5. The summed E-state index contributed by atoms with van der Waals surface area (Å²) < 4.78 is 16.3. The SMILES string of the molecule is CCN(CC(O)COc1cccc2ccccc12)CC(OC)OC. The van der Waals surface area contributed by atoms with Gasteiger partial charge in [0, 0.05) is 32.7 Å². The Morgan fingerprint density at radius 2 is 1.71 bits per heavy atom. The summed E-state index contributed by atoms with van der Waals surface area (Å²) >= 11 is 0. The number of aliphatic hydroxyl groups excluding tert-OH is 1. The quantitative estimate of drug-likeness (QED) is 0.677. The molecule has 2 rings (SSSR count). The van der Waals surface area contributed by atoms with Gasteiger partial charge in [0.25, 0.3) is 0 Å². The van der Waals surface area contributed by atoms with E-state index in [-0.39, 0.29) is 12.9 Å². The summed E-state index contributed by atoms with van der Waals surface area (Å²) in [6.45, 7) is 4.20. The van der Waals surface area contributed by atoms with E-state index in [2.05, 4.69) is 4.90 Å². The standard InChI is InChI=1S/C19H27NO4/c1-4-20(13-19(22-2)23-3)12-16(21)14-24-18-11-7-9-15-8-5-6-10-17(15)18/h5-11,16,19,21H,4,12-14H2,1-3H3. The first-order chi connectivity index (χ1) is 11.7. The maximum absolute atomic E-state index is 10.3. The van der Waals surface area contributed by atoms with E-state index in [0.717, 1.165) is 23.1 Å². The van der Waals surface area contributed by atoms with Crippen molar-refractivity contribution in [1.29, 1.82) is 0 Å². The van der Waals surface area contributed by atoms with Gasteiger partial charge in [0.2, 0.25) is 0 Å². The first kappa shape index (κ1) is 18.7. The van der Waals surface area contributed by atoms with Crippen LogP contribution in [-0.4, -0.2) is 62.9 Å². The zero-order chi connectivity index (χ0) is 17.4. The van der Waals surface area contributed by atoms with Crippen LogP contribution in [0.2, 0.25) is 0 Å². The summed E-state index contributed by atoms with van der Waals surface area (Å²) in [4.78, 5) is 2.08. The molecule has 0 aromatic heterocycles. The smallest absolute Gasteiger partial charge is 0.169 e. The Labute approximate surface area is 143 Å². The van der Waals surface area contributed by atoms with Crippen molar-refractivity contribution in [1.82, 2.24) is 4.90 Å². The summed E-state index contributed by atoms with van der Waals surface area (Å²) in [7, 11) is 3.23. The Hall–Kier alpha value is -1.66. The maximum atomic E-state index is 10.3. The second kappa shape index (κ2) is 9.59. The van der Waals surface area contributed by atoms with Gasteiger partial charge < -0.3 is 19.3 Å². The first-order valence-corrected chi connectivity index (χ1v) is 8.24. The molecule has 2 aromatic carbocycles. The van der Waals surface area contributed by atoms with Crippen LogP contribution in [0.1, 0.15) is 6.92 Å². The van der Waals surface area contributed by atoms with Crippen LogP contribution in [0.5, 0.6) is 5.75 Å². The summed E-state index contributed by atoms with van der Waals surface area (Å²) in [6.07, 6.45) is -0.880. The number of nitrogens with zero attached hydrogens (tertiary/aromatic N) is 1. The van der Waals surface area contributed by atoms with Gasteiger partial charge in [0.1, 0.15) is 18.5 Å². The van der Waals surface area contributed by atoms with Gasteiger partial charge in [0.15, 0.2) is 6.29 Å². The molecular formula is C19H27NO4. The molecule has 24 heavy (non-hydrogen) atoms. The first-order valence-electron chi connectivity index (χ1n) is 8.24. The van der Waals surface area contributed by atoms with Gasteiger partial charge >= 0.3 is 0 Å². The Bertz CT molecular complexity index is 610. The lowest BCUT2D eigenvalue weighted by molar-refractivity contribution is -0.118. The molecule has 0 spiro atoms. The van der Waals surface area contributed by atoms with Crippen LogP contribution >= 0.6 is 0 Å². The minimum Gasteiger partial charge on any atom is -0.490 e. The average molecular weight is 333 g/mol. The third-order valence-electron chi connectivity index (χ3n) is 4.03. The molecule has 0 aliphatic carbocycles. The molecule has 0 amide bonds. The molecule has 0 fully saturated rings. The van der Waals surface area contributed by atoms with Crippen molar-refractivity contribution >= 4 is 10.8 Å². The molecule has 1 N–H and O–H groups in total. The normalized spacial score (nSPS) is 12.9. The monoisotopic (exact) mass is 333 g/mol. The van der Waals surface area contributed by atoms with Crippen molar-refractivity contribution in [2.75, 3.05) is 40.5 Å². The number of rotatable bonds is 10. The number of likely N-dealkylation sites (N-methyl/N-ethyl adjacent to an activating group) is 1. The maximum Gasteiger partial charge on any atom is 0.169 e. The Kier molecular flexibility index (Phi) is 7.46. The van der Waals surface area contributed by atoms with Crippen LogP contribution in [0, 0.1) is 0 Å². The molecule has 0 heterocycles. The Balaban J connectivity index is 1.90. The lowest BCUT2D eigenvalue weighted by Gasteiger charge is -2.26. The van der Waals surface area contributed by atoms with Crippen molar-refractivity contribution in [2.45, 2.75) is 19.3 Å². The zero-order valence-electron chi connectivity index (χ0n) is 14.6. The fourth-order valence-electron chi connectivity index (χ4n) is 2.65. The Morgan fingerprint density at radius 1 is 1.00 bits per heavy atom. The number of fused-ring (bicyclic) bond motifs is 1. The average Bonchev–Trinajstić information content (AvgIpc) is 2.63. The molecule has 0 radical (unpaired) electrons. The number of aliphatic hydroxyl groups is 1. The molecule has 0 saturated carbocycles. The molecule has 0 bridgehead atoms. The van der Waals surface area contributed by atoms with Crippen LogP contribution in [0.4, 0.5) is 0 Å². The van der Waals surface area contributed by atoms with Crippen molar-refractivity contribution in [3.63, 3.8) is 0 Å². The van der Waals surface area contributed by atoms with E-state index in [0.29, 0.717) is 13.1 Å². The van der Waals surface area contributed by atoms with Crippen molar-refractivity contribution in [3.8, 4) is 5.75 Å². The molecular weight excluding hydrogens is 306 g/mol. The van der Waals surface area contributed by atoms with Gasteiger partial charge in [-0.1, -0.05) is 43.3 Å². The second-order valence-electron chi connectivity index (χ2n) is 5.70. The van der Waals surface area contributed by atoms with Gasteiger partial charge in [-0.3, -0.25) is 4.90 Å². The van der Waals surface area contributed by atoms with Crippen LogP contribution in [-0.2, 0) is 9.47 Å². The predicted octanol–water partition coefficient (Wildman–Crippen LogP) is 2.52. The highest BCUT2D eigenvalue weighted by Gasteiger charge is 2.16. The van der Waals surface area contributed by atoms with E-state index in [1.54, 1.807) is 14.2 Å². The van der Waals surface area contributed by atoms with Crippen LogP contribution in [0.25, 0.3) is 10.8 Å². The second-order valence-corrected chi connectivity index (χ2v) is 5.70. The third kappa shape index (κ3) is 5.18. The van der Waals surface area contributed by atoms with Crippen molar-refractivity contribution in [3.05, 3.63) is 42.5 Å². The highest BCUT2D eigenvalue weighted by molar-refractivity contribution is 5.88. The summed E-state index contributed by atoms with van der Waals surface area (Å²) in [6, 6.07) is 14.0. The lowest BCUT2D eigenvalue weighted by atomic mass is 10.1. The third-order valence-corrected chi connectivity index (χ3v) is 4.03. The molecule has 5 nitrogen and oxygen atoms in total. The predicted molar refractivity (Wildman–Crippen MR) is 95.4 cm³/mol. The minimum absolute atomic E-state index is 0.245. The Morgan fingerprint density at radius 3 is 2.42 bits per heavy atom. The highest BCUT2D eigenvalue weighted by Crippen LogP contribution is 2.25. The van der Waals surface area contributed by atoms with Gasteiger partial charge in [0.05, 0.1) is 0 Å². The molecule has 132 valence electrons. The largest absolute Gasteiger partial charge is 0.490 e. The van der Waals surface area contributed by atoms with Crippen molar-refractivity contribution < 1.29 is 19.3 Å². The zero-order valence-corrected chi connectivity index (χ0v) is 14.6. The number of hydrogen-bond donors (Lipinski definition) is 1. The van der Waals surface area contributed by atoms with Gasteiger partial charge in [-0.25, -0.2) is 0 Å². The van der Waals surface area contributed by atoms with E-state index >= 15 is 0 Å². The summed E-state index contributed by atoms with van der Waals surface area (Å²) in [5.74, 6) is 0.793. The molecule has 1 atom stereocenters. The number of benzene rings is 2. The van der Waals surface area contributed by atoms with Crippen molar-refractivity contribution in [2.24, 2.45) is 0 Å². The topological polar surface area (TPSA) is 51.2 Å². The highest BCUT2D eigenvalue weighted by atomic mass is 16.7. The molecule has 5 heteroatoms. The summed E-state index contributed by atoms with van der Waals surface area (Å²) in [5.41, 5.74) is 0. The van der Waals surface area contributed by atoms with E-state index < -0.39 is 6.10 Å². The van der Waals surface area contributed by atoms with E-state index in [4.69, 9.17) is 14.2 Å². The lowest BCUT2D eigenvalue weighted by Crippen LogP contribution is -2.40. The number of ether oxygens (including phenoxy) is 3. The van der Waals surface area contributed by atoms with E-state index in [9.17, 15) is 5.11 Å². The van der Waals surface area contributed by atoms with Crippen LogP contribution in [0.15, 0.2) is 42.5 Å². The molecule has 0 aliphatic rings. The van der Waals surface area contributed by atoms with E-state index in [1.165, 1.54) is 0 Å². The molecule has 0 aliphatic heterocycles. The molecule has 1 unspecified atom stereocenters. The minimum atomic E-state index is -0.585. The van der Waals surface area contributed by atoms with E-state index in [1.807, 2.05) is 49.4 Å².